The Morgan fingerprint density at radius 3 is 3.10 bits per heavy atom. The van der Waals surface area contributed by atoms with Gasteiger partial charge in [-0.15, -0.1) is 11.3 Å². The Labute approximate surface area is 121 Å². The molecule has 1 saturated carbocycles. The van der Waals surface area contributed by atoms with Gasteiger partial charge in [0.05, 0.1) is 16.5 Å². The molecule has 0 aromatic carbocycles. The fraction of sp³-hybridized carbons (Fsp3) is 0.429. The number of methoxy groups -OCH3 is 1. The van der Waals surface area contributed by atoms with Crippen LogP contribution in [0.4, 0.5) is 5.69 Å². The molecule has 3 rings (SSSR count). The van der Waals surface area contributed by atoms with Crippen molar-refractivity contribution >= 4 is 33.1 Å². The monoisotopic (exact) mass is 291 g/mol. The number of amides is 1. The van der Waals surface area contributed by atoms with Gasteiger partial charge in [0, 0.05) is 19.3 Å². The Hall–Kier alpha value is -1.66. The largest absolute Gasteiger partial charge is 0.396 e. The second-order valence-electron chi connectivity index (χ2n) is 5.04. The number of carbonyl (C=O) groups excluding carboxylic acids is 1. The van der Waals surface area contributed by atoms with Crippen molar-refractivity contribution < 1.29 is 9.53 Å². The molecule has 3 N–H and O–H groups in total. The Morgan fingerprint density at radius 1 is 1.55 bits per heavy atom. The number of pyridine rings is 1. The predicted octanol–water partition coefficient (Wildman–Crippen LogP) is 2.18. The molecule has 2 aromatic heterocycles. The normalized spacial score (nSPS) is 22.2. The fourth-order valence-electron chi connectivity index (χ4n) is 2.65. The maximum atomic E-state index is 12.3. The molecular formula is C14H17N3O2S. The second kappa shape index (κ2) is 5.38. The Bertz CT molecular complexity index is 640. The quantitative estimate of drug-likeness (QED) is 0.908. The molecule has 0 radical (unpaired) electrons. The van der Waals surface area contributed by atoms with Crippen LogP contribution in [0.3, 0.4) is 0 Å². The number of nitrogen functional groups attached to an aromatic ring is 1. The van der Waals surface area contributed by atoms with Crippen molar-refractivity contribution in [3.05, 3.63) is 23.2 Å². The number of anilines is 1. The average molecular weight is 291 g/mol. The number of carbonyl (C=O) groups is 1. The lowest BCUT2D eigenvalue weighted by Crippen LogP contribution is -2.33. The third-order valence-electron chi connectivity index (χ3n) is 3.74. The smallest absolute Gasteiger partial charge is 0.263 e. The number of nitrogens with zero attached hydrogens (tertiary/aromatic N) is 1. The van der Waals surface area contributed by atoms with E-state index in [4.69, 9.17) is 10.5 Å². The fourth-order valence-corrected chi connectivity index (χ4v) is 3.64. The van der Waals surface area contributed by atoms with E-state index in [1.54, 1.807) is 13.3 Å². The number of nitrogens with two attached hydrogens (primary N) is 1. The summed E-state index contributed by atoms with van der Waals surface area (Å²) in [6.45, 7) is 0. The van der Waals surface area contributed by atoms with E-state index in [0.717, 1.165) is 24.0 Å². The first-order chi connectivity index (χ1) is 9.69. The van der Waals surface area contributed by atoms with Crippen LogP contribution in [0.25, 0.3) is 10.2 Å². The Morgan fingerprint density at radius 2 is 2.40 bits per heavy atom. The molecule has 20 heavy (non-hydrogen) atoms. The van der Waals surface area contributed by atoms with Crippen LogP contribution in [0.15, 0.2) is 18.3 Å². The molecule has 106 valence electrons. The summed E-state index contributed by atoms with van der Waals surface area (Å²) in [5.41, 5.74) is 7.22. The second-order valence-corrected chi connectivity index (χ2v) is 6.09. The first-order valence-corrected chi connectivity index (χ1v) is 7.47. The van der Waals surface area contributed by atoms with Crippen molar-refractivity contribution in [2.75, 3.05) is 12.8 Å². The summed E-state index contributed by atoms with van der Waals surface area (Å²) in [4.78, 5) is 17.1. The van der Waals surface area contributed by atoms with E-state index in [9.17, 15) is 4.79 Å². The summed E-state index contributed by atoms with van der Waals surface area (Å²) in [7, 11) is 1.71. The lowest BCUT2D eigenvalue weighted by Gasteiger charge is -2.12. The van der Waals surface area contributed by atoms with Crippen LogP contribution in [-0.2, 0) is 4.74 Å². The van der Waals surface area contributed by atoms with Crippen LogP contribution in [-0.4, -0.2) is 30.1 Å². The topological polar surface area (TPSA) is 77.2 Å². The van der Waals surface area contributed by atoms with Crippen molar-refractivity contribution in [3.8, 4) is 0 Å². The molecular weight excluding hydrogens is 274 g/mol. The van der Waals surface area contributed by atoms with Gasteiger partial charge in [-0.2, -0.15) is 0 Å². The van der Waals surface area contributed by atoms with E-state index < -0.39 is 0 Å². The van der Waals surface area contributed by atoms with Crippen molar-refractivity contribution in [2.24, 2.45) is 0 Å². The van der Waals surface area contributed by atoms with Gasteiger partial charge >= 0.3 is 0 Å². The summed E-state index contributed by atoms with van der Waals surface area (Å²) in [5.74, 6) is -0.104. The highest BCUT2D eigenvalue weighted by molar-refractivity contribution is 7.21. The molecule has 1 aliphatic carbocycles. The maximum absolute atomic E-state index is 12.3. The van der Waals surface area contributed by atoms with Gasteiger partial charge in [-0.3, -0.25) is 9.78 Å². The van der Waals surface area contributed by atoms with E-state index in [0.29, 0.717) is 16.1 Å². The zero-order valence-corrected chi connectivity index (χ0v) is 12.1. The van der Waals surface area contributed by atoms with Gasteiger partial charge in [-0.1, -0.05) is 0 Å². The van der Waals surface area contributed by atoms with E-state index >= 15 is 0 Å². The zero-order chi connectivity index (χ0) is 14.1. The minimum absolute atomic E-state index is 0.104. The molecule has 0 saturated heterocycles. The molecule has 2 unspecified atom stereocenters. The van der Waals surface area contributed by atoms with Gasteiger partial charge in [0.15, 0.2) is 0 Å². The SMILES string of the molecule is COC1CCC(NC(=O)c2sc3cccnc3c2N)C1. The maximum Gasteiger partial charge on any atom is 0.263 e. The first kappa shape index (κ1) is 13.3. The molecule has 0 spiro atoms. The van der Waals surface area contributed by atoms with Crippen molar-refractivity contribution in [3.63, 3.8) is 0 Å². The Balaban J connectivity index is 1.77. The van der Waals surface area contributed by atoms with E-state index in [-0.39, 0.29) is 18.1 Å². The Kier molecular flexibility index (Phi) is 3.58. The number of hydrogen-bond acceptors (Lipinski definition) is 5. The highest BCUT2D eigenvalue weighted by Crippen LogP contribution is 2.32. The number of rotatable bonds is 3. The predicted molar refractivity (Wildman–Crippen MR) is 79.9 cm³/mol. The lowest BCUT2D eigenvalue weighted by molar-refractivity contribution is 0.0919. The van der Waals surface area contributed by atoms with Gasteiger partial charge in [-0.25, -0.2) is 0 Å². The number of thiophene rings is 1. The lowest BCUT2D eigenvalue weighted by atomic mass is 10.2. The highest BCUT2D eigenvalue weighted by atomic mass is 32.1. The molecule has 1 amide bonds. The van der Waals surface area contributed by atoms with Crippen LogP contribution in [0.2, 0.25) is 0 Å². The number of hydrogen-bond donors (Lipinski definition) is 2. The van der Waals surface area contributed by atoms with Crippen LogP contribution in [0.5, 0.6) is 0 Å². The molecule has 2 heterocycles. The zero-order valence-electron chi connectivity index (χ0n) is 11.3. The van der Waals surface area contributed by atoms with Crippen LogP contribution in [0, 0.1) is 0 Å². The summed E-state index contributed by atoms with van der Waals surface area (Å²) in [6, 6.07) is 3.95. The molecule has 1 fully saturated rings. The molecule has 0 bridgehead atoms. The van der Waals surface area contributed by atoms with Gasteiger partial charge in [-0.05, 0) is 31.4 Å². The van der Waals surface area contributed by atoms with Crippen molar-refractivity contribution in [1.82, 2.24) is 10.3 Å². The van der Waals surface area contributed by atoms with Crippen LogP contribution in [0.1, 0.15) is 28.9 Å². The number of ether oxygens (including phenoxy) is 1. The summed E-state index contributed by atoms with van der Waals surface area (Å²) >= 11 is 1.39. The van der Waals surface area contributed by atoms with Crippen LogP contribution >= 0.6 is 11.3 Å². The minimum atomic E-state index is -0.104. The highest BCUT2D eigenvalue weighted by Gasteiger charge is 2.27. The number of aromatic nitrogens is 1. The van der Waals surface area contributed by atoms with Crippen molar-refractivity contribution in [2.45, 2.75) is 31.4 Å². The first-order valence-electron chi connectivity index (χ1n) is 6.65. The van der Waals surface area contributed by atoms with Crippen molar-refractivity contribution in [1.29, 1.82) is 0 Å². The van der Waals surface area contributed by atoms with Gasteiger partial charge < -0.3 is 15.8 Å². The molecule has 2 atom stereocenters. The number of nitrogens with one attached hydrogen (secondary N) is 1. The van der Waals surface area contributed by atoms with E-state index in [1.807, 2.05) is 12.1 Å². The summed E-state index contributed by atoms with van der Waals surface area (Å²) in [6.07, 6.45) is 4.75. The molecule has 5 nitrogen and oxygen atoms in total. The number of fused-ring (bicyclic) bond motifs is 1. The summed E-state index contributed by atoms with van der Waals surface area (Å²) < 4.78 is 6.26. The van der Waals surface area contributed by atoms with E-state index in [1.165, 1.54) is 11.3 Å². The summed E-state index contributed by atoms with van der Waals surface area (Å²) in [5, 5.41) is 3.04. The molecule has 1 aliphatic rings. The standard InChI is InChI=1S/C14H17N3O2S/c1-19-9-5-4-8(7-9)17-14(18)13-11(15)12-10(20-13)3-2-6-16-12/h2-3,6,8-9H,4-5,7,15H2,1H3,(H,17,18). The average Bonchev–Trinajstić information content (AvgIpc) is 3.04. The molecule has 2 aromatic rings. The third kappa shape index (κ3) is 2.36. The molecule has 0 aliphatic heterocycles. The van der Waals surface area contributed by atoms with Crippen LogP contribution < -0.4 is 11.1 Å². The molecule has 6 heteroatoms. The van der Waals surface area contributed by atoms with Gasteiger partial charge in [0.25, 0.3) is 5.91 Å². The van der Waals surface area contributed by atoms with Gasteiger partial charge in [0.1, 0.15) is 10.4 Å². The third-order valence-corrected chi connectivity index (χ3v) is 4.90. The van der Waals surface area contributed by atoms with E-state index in [2.05, 4.69) is 10.3 Å². The minimum Gasteiger partial charge on any atom is -0.396 e. The van der Waals surface area contributed by atoms with Gasteiger partial charge in [0.2, 0.25) is 0 Å².